The summed E-state index contributed by atoms with van der Waals surface area (Å²) < 4.78 is 0. The summed E-state index contributed by atoms with van der Waals surface area (Å²) >= 11 is 0. The van der Waals surface area contributed by atoms with E-state index in [1.807, 2.05) is 0 Å². The second-order valence-electron chi connectivity index (χ2n) is 1.96. The zero-order valence-electron chi connectivity index (χ0n) is 3.07. The first kappa shape index (κ1) is 2.19. The van der Waals surface area contributed by atoms with Crippen LogP contribution in [0.4, 0.5) is 0 Å². The number of fused-ring (bicyclic) bond motifs is 1. The summed E-state index contributed by atoms with van der Waals surface area (Å²) in [4.78, 5) is 0. The lowest BCUT2D eigenvalue weighted by molar-refractivity contribution is 0.612. The van der Waals surface area contributed by atoms with E-state index in [9.17, 15) is 0 Å². The third-order valence-electron chi connectivity index (χ3n) is 1.59. The summed E-state index contributed by atoms with van der Waals surface area (Å²) in [7, 11) is 0. The van der Waals surface area contributed by atoms with Crippen molar-refractivity contribution in [1.82, 2.24) is 5.32 Å². The SMILES string of the molecule is C1CC2NC12. The van der Waals surface area contributed by atoms with Crippen molar-refractivity contribution >= 4 is 0 Å². The van der Waals surface area contributed by atoms with Gasteiger partial charge < -0.3 is 5.32 Å². The van der Waals surface area contributed by atoms with E-state index < -0.39 is 0 Å². The number of hydrogen-bond acceptors (Lipinski definition) is 1. The number of rotatable bonds is 0. The van der Waals surface area contributed by atoms with Crippen LogP contribution >= 0.6 is 0 Å². The maximum atomic E-state index is 3.31. The van der Waals surface area contributed by atoms with Crippen LogP contribution in [0.1, 0.15) is 12.8 Å². The van der Waals surface area contributed by atoms with E-state index >= 15 is 0 Å². The van der Waals surface area contributed by atoms with Gasteiger partial charge in [0.1, 0.15) is 0 Å². The first-order chi connectivity index (χ1) is 2.47. The highest BCUT2D eigenvalue weighted by Gasteiger charge is 2.43. The Morgan fingerprint density at radius 2 is 1.80 bits per heavy atom. The third-order valence-corrected chi connectivity index (χ3v) is 1.59. The fourth-order valence-electron chi connectivity index (χ4n) is 0.886. The minimum atomic E-state index is 0.981. The topological polar surface area (TPSA) is 21.9 Å². The highest BCUT2D eigenvalue weighted by atomic mass is 15.2. The summed E-state index contributed by atoms with van der Waals surface area (Å²) in [5, 5.41) is 3.31. The van der Waals surface area contributed by atoms with Crippen molar-refractivity contribution in [3.8, 4) is 0 Å². The smallest absolute Gasteiger partial charge is 0.0225 e. The molecule has 0 aromatic heterocycles. The van der Waals surface area contributed by atoms with Crippen molar-refractivity contribution in [3.63, 3.8) is 0 Å². The maximum Gasteiger partial charge on any atom is 0.0225 e. The molecule has 1 nitrogen and oxygen atoms in total. The molecule has 2 fully saturated rings. The van der Waals surface area contributed by atoms with Crippen molar-refractivity contribution < 1.29 is 0 Å². The van der Waals surface area contributed by atoms with Crippen LogP contribution < -0.4 is 5.32 Å². The molecule has 1 aliphatic carbocycles. The quantitative estimate of drug-likeness (QED) is 0.401. The Kier molecular flexibility index (Phi) is 0.189. The van der Waals surface area contributed by atoms with E-state index in [-0.39, 0.29) is 0 Å². The fraction of sp³-hybridized carbons (Fsp3) is 1.00. The molecule has 2 rings (SSSR count). The Morgan fingerprint density at radius 1 is 1.20 bits per heavy atom. The molecule has 1 saturated heterocycles. The summed E-state index contributed by atoms with van der Waals surface area (Å²) in [5.74, 6) is 0. The lowest BCUT2D eigenvalue weighted by Gasteiger charge is -2.01. The van der Waals surface area contributed by atoms with Gasteiger partial charge in [-0.15, -0.1) is 0 Å². The van der Waals surface area contributed by atoms with E-state index in [2.05, 4.69) is 5.32 Å². The van der Waals surface area contributed by atoms with E-state index in [4.69, 9.17) is 0 Å². The van der Waals surface area contributed by atoms with E-state index in [1.54, 1.807) is 0 Å². The van der Waals surface area contributed by atoms with Gasteiger partial charge in [0.05, 0.1) is 0 Å². The molecule has 1 aliphatic heterocycles. The van der Waals surface area contributed by atoms with Crippen molar-refractivity contribution in [2.45, 2.75) is 24.9 Å². The van der Waals surface area contributed by atoms with E-state index in [1.165, 1.54) is 12.8 Å². The van der Waals surface area contributed by atoms with Gasteiger partial charge in [-0.2, -0.15) is 0 Å². The van der Waals surface area contributed by atoms with Gasteiger partial charge >= 0.3 is 0 Å². The lowest BCUT2D eigenvalue weighted by atomic mass is 10.0. The molecule has 1 heteroatoms. The van der Waals surface area contributed by atoms with Crippen LogP contribution in [0, 0.1) is 0 Å². The molecule has 28 valence electrons. The van der Waals surface area contributed by atoms with Crippen LogP contribution in [0.15, 0.2) is 0 Å². The number of hydrogen-bond donors (Lipinski definition) is 1. The molecule has 2 aliphatic rings. The Labute approximate surface area is 31.4 Å². The molecule has 1 saturated carbocycles. The summed E-state index contributed by atoms with van der Waals surface area (Å²) in [6.07, 6.45) is 2.90. The van der Waals surface area contributed by atoms with Gasteiger partial charge in [-0.05, 0) is 12.8 Å². The molecule has 2 unspecified atom stereocenters. The molecular formula is C4H7N. The monoisotopic (exact) mass is 69.1 g/mol. The molecule has 0 spiro atoms. The zero-order valence-corrected chi connectivity index (χ0v) is 3.07. The van der Waals surface area contributed by atoms with Crippen LogP contribution in [-0.2, 0) is 0 Å². The molecule has 0 bridgehead atoms. The maximum absolute atomic E-state index is 3.31. The molecular weight excluding hydrogens is 62.1 g/mol. The Balaban J connectivity index is 2.19. The van der Waals surface area contributed by atoms with Gasteiger partial charge in [0.2, 0.25) is 0 Å². The van der Waals surface area contributed by atoms with E-state index in [0.717, 1.165) is 12.1 Å². The van der Waals surface area contributed by atoms with Gasteiger partial charge in [0.25, 0.3) is 0 Å². The van der Waals surface area contributed by atoms with Crippen LogP contribution in [0.3, 0.4) is 0 Å². The number of nitrogens with one attached hydrogen (secondary N) is 1. The predicted octanol–water partition coefficient (Wildman–Crippen LogP) is 0.121. The molecule has 0 amide bonds. The molecule has 5 heavy (non-hydrogen) atoms. The van der Waals surface area contributed by atoms with Crippen molar-refractivity contribution in [2.75, 3.05) is 0 Å². The summed E-state index contributed by atoms with van der Waals surface area (Å²) in [6.45, 7) is 0. The van der Waals surface area contributed by atoms with Crippen LogP contribution in [0.5, 0.6) is 0 Å². The van der Waals surface area contributed by atoms with E-state index in [0.29, 0.717) is 0 Å². The van der Waals surface area contributed by atoms with Gasteiger partial charge in [0, 0.05) is 12.1 Å². The van der Waals surface area contributed by atoms with Crippen molar-refractivity contribution in [2.24, 2.45) is 0 Å². The molecule has 1 N–H and O–H groups in total. The largest absolute Gasteiger partial charge is 0.308 e. The first-order valence-corrected chi connectivity index (χ1v) is 2.23. The normalized spacial score (nSPS) is 57.6. The fourth-order valence-corrected chi connectivity index (χ4v) is 0.886. The minimum absolute atomic E-state index is 0.981. The minimum Gasteiger partial charge on any atom is -0.308 e. The molecule has 2 atom stereocenters. The summed E-state index contributed by atoms with van der Waals surface area (Å²) in [6, 6.07) is 1.96. The highest BCUT2D eigenvalue weighted by molar-refractivity contribution is 5.06. The lowest BCUT2D eigenvalue weighted by Crippen LogP contribution is -2.04. The van der Waals surface area contributed by atoms with Crippen molar-refractivity contribution in [1.29, 1.82) is 0 Å². The average molecular weight is 69.1 g/mol. The second kappa shape index (κ2) is 0.432. The average Bonchev–Trinajstić information content (AvgIpc) is 1.74. The second-order valence-corrected chi connectivity index (χ2v) is 1.96. The molecule has 1 heterocycles. The first-order valence-electron chi connectivity index (χ1n) is 2.23. The van der Waals surface area contributed by atoms with Gasteiger partial charge in [-0.3, -0.25) is 0 Å². The van der Waals surface area contributed by atoms with Crippen LogP contribution in [0.2, 0.25) is 0 Å². The molecule has 0 radical (unpaired) electrons. The van der Waals surface area contributed by atoms with Gasteiger partial charge in [-0.1, -0.05) is 0 Å². The standard InChI is InChI=1S/C4H7N/c1-2-4-3(1)5-4/h3-5H,1-2H2. The van der Waals surface area contributed by atoms with Gasteiger partial charge in [-0.25, -0.2) is 0 Å². The Morgan fingerprint density at radius 3 is 1.80 bits per heavy atom. The molecule has 0 aromatic rings. The summed E-state index contributed by atoms with van der Waals surface area (Å²) in [5.41, 5.74) is 0. The van der Waals surface area contributed by atoms with Gasteiger partial charge in [0.15, 0.2) is 0 Å². The highest BCUT2D eigenvalue weighted by Crippen LogP contribution is 2.31. The Bertz CT molecular complexity index is 48.7. The predicted molar refractivity (Wildman–Crippen MR) is 19.9 cm³/mol. The third kappa shape index (κ3) is 0.127. The Hall–Kier alpha value is -0.0400. The zero-order chi connectivity index (χ0) is 3.28. The molecule has 0 aromatic carbocycles. The van der Waals surface area contributed by atoms with Crippen LogP contribution in [-0.4, -0.2) is 12.1 Å². The van der Waals surface area contributed by atoms with Crippen molar-refractivity contribution in [3.05, 3.63) is 0 Å². The van der Waals surface area contributed by atoms with Crippen LogP contribution in [0.25, 0.3) is 0 Å².